The molecule has 87 heavy (non-hydrogen) atoms. The number of nitrogen functional groups attached to an aromatic ring is 2. The first kappa shape index (κ1) is 67.6. The van der Waals surface area contributed by atoms with Gasteiger partial charge in [-0.25, -0.2) is 9.78 Å². The maximum Gasteiger partial charge on any atom is 0.329 e. The normalized spacial score (nSPS) is 13.6. The number of rotatable bonds is 38. The predicted octanol–water partition coefficient (Wildman–Crippen LogP) is 6.60. The number of anilines is 2. The molecule has 3 amide bonds. The fourth-order valence-corrected chi connectivity index (χ4v) is 9.85. The number of ether oxygens (including phenoxy) is 13. The third-order valence-electron chi connectivity index (χ3n) is 14.4. The molecule has 0 spiro atoms. The number of esters is 1. The first-order chi connectivity index (χ1) is 42.3. The Hall–Kier alpha value is -8.48. The fraction of sp³-hybridized carbons (Fsp3) is 0.492. The number of amides is 3. The van der Waals surface area contributed by atoms with Crippen LogP contribution in [0.3, 0.4) is 0 Å². The number of carbonyl (C=O) groups excluding carboxylic acids is 4. The van der Waals surface area contributed by atoms with Gasteiger partial charge in [0.1, 0.15) is 23.7 Å². The molecule has 3 atom stereocenters. The van der Waals surface area contributed by atoms with Crippen LogP contribution in [0, 0.1) is 0 Å². The third-order valence-corrected chi connectivity index (χ3v) is 14.4. The molecular formula is C63H85N7O17. The molecule has 6 N–H and O–H groups in total. The SMILES string of the molecule is CCC(C(=O)N1CCCC[C@H]1C(=O)O[C@H](CCc1ccc(OC)c(OC)c1)c1cccc(OCC(=O)NCCCOCCOCCOCCCNC(=O)COc2c(OC)cc(Cc3cnc(N)nc3N)cc2OC)c1)c1cc(OC)c(OC)c(OC)c1. The lowest BCUT2D eigenvalue weighted by molar-refractivity contribution is -0.162. The average molecular weight is 1210 g/mol. The molecule has 1 unspecified atom stereocenters. The highest BCUT2D eigenvalue weighted by Crippen LogP contribution is 2.42. The fourth-order valence-electron chi connectivity index (χ4n) is 9.85. The Labute approximate surface area is 509 Å². The van der Waals surface area contributed by atoms with E-state index < -0.39 is 24.0 Å². The van der Waals surface area contributed by atoms with E-state index in [1.54, 1.807) is 67.8 Å². The first-order valence-corrected chi connectivity index (χ1v) is 29.0. The molecule has 1 aliphatic rings. The molecule has 5 aromatic rings. The summed E-state index contributed by atoms with van der Waals surface area (Å²) in [5.41, 5.74) is 15.4. The Kier molecular flexibility index (Phi) is 27.9. The highest BCUT2D eigenvalue weighted by molar-refractivity contribution is 5.89. The Morgan fingerprint density at radius 3 is 1.80 bits per heavy atom. The number of nitrogens with zero attached hydrogens (tertiary/aromatic N) is 3. The van der Waals surface area contributed by atoms with Crippen LogP contribution >= 0.6 is 0 Å². The second-order valence-corrected chi connectivity index (χ2v) is 20.2. The van der Waals surface area contributed by atoms with Crippen molar-refractivity contribution in [1.29, 1.82) is 0 Å². The number of nitrogens with two attached hydrogens (primary N) is 2. The molecule has 1 fully saturated rings. The maximum atomic E-state index is 14.5. The van der Waals surface area contributed by atoms with Gasteiger partial charge >= 0.3 is 5.97 Å². The minimum absolute atomic E-state index is 0.0867. The van der Waals surface area contributed by atoms with E-state index in [0.29, 0.717) is 167 Å². The van der Waals surface area contributed by atoms with Crippen molar-refractivity contribution in [2.24, 2.45) is 0 Å². The van der Waals surface area contributed by atoms with Gasteiger partial charge in [0.25, 0.3) is 11.8 Å². The van der Waals surface area contributed by atoms with Gasteiger partial charge in [0.2, 0.25) is 23.4 Å². The Balaban J connectivity index is 0.884. The second kappa shape index (κ2) is 35.9. The van der Waals surface area contributed by atoms with Gasteiger partial charge in [0.05, 0.1) is 82.1 Å². The van der Waals surface area contributed by atoms with E-state index in [4.69, 9.17) is 73.0 Å². The molecular weight excluding hydrogens is 1130 g/mol. The predicted molar refractivity (Wildman–Crippen MR) is 324 cm³/mol. The van der Waals surface area contributed by atoms with Crippen LogP contribution in [0.2, 0.25) is 0 Å². The number of carbonyl (C=O) groups is 4. The summed E-state index contributed by atoms with van der Waals surface area (Å²) in [6, 6.07) is 19.1. The first-order valence-electron chi connectivity index (χ1n) is 29.0. The van der Waals surface area contributed by atoms with Gasteiger partial charge < -0.3 is 88.6 Å². The maximum absolute atomic E-state index is 14.5. The number of aromatic nitrogens is 2. The molecule has 0 bridgehead atoms. The van der Waals surface area contributed by atoms with Gasteiger partial charge in [-0.2, -0.15) is 4.98 Å². The third kappa shape index (κ3) is 20.3. The van der Waals surface area contributed by atoms with Gasteiger partial charge in [-0.3, -0.25) is 14.4 Å². The van der Waals surface area contributed by atoms with Crippen molar-refractivity contribution in [1.82, 2.24) is 25.5 Å². The van der Waals surface area contributed by atoms with Gasteiger partial charge in [-0.15, -0.1) is 0 Å². The average Bonchev–Trinajstić information content (AvgIpc) is 1.64. The molecule has 24 nitrogen and oxygen atoms in total. The van der Waals surface area contributed by atoms with Crippen molar-refractivity contribution < 1.29 is 80.8 Å². The molecule has 4 aromatic carbocycles. The van der Waals surface area contributed by atoms with Gasteiger partial charge in [0, 0.05) is 51.0 Å². The zero-order chi connectivity index (χ0) is 62.5. The summed E-state index contributed by atoms with van der Waals surface area (Å²) in [5.74, 6) is 2.33. The lowest BCUT2D eigenvalue weighted by Gasteiger charge is -2.37. The number of nitrogens with one attached hydrogen (secondary N) is 2. The van der Waals surface area contributed by atoms with Crippen molar-refractivity contribution in [2.75, 3.05) is 134 Å². The van der Waals surface area contributed by atoms with E-state index in [1.165, 1.54) is 35.5 Å². The van der Waals surface area contributed by atoms with Crippen LogP contribution in [0.4, 0.5) is 11.8 Å². The molecule has 0 aliphatic carbocycles. The molecule has 1 aliphatic heterocycles. The van der Waals surface area contributed by atoms with E-state index in [2.05, 4.69) is 20.6 Å². The van der Waals surface area contributed by atoms with Crippen LogP contribution < -0.4 is 64.7 Å². The Morgan fingerprint density at radius 2 is 1.22 bits per heavy atom. The van der Waals surface area contributed by atoms with E-state index in [1.807, 2.05) is 31.2 Å². The summed E-state index contributed by atoms with van der Waals surface area (Å²) < 4.78 is 73.9. The minimum atomic E-state index is -0.818. The zero-order valence-corrected chi connectivity index (χ0v) is 51.2. The van der Waals surface area contributed by atoms with Crippen LogP contribution in [0.25, 0.3) is 0 Å². The van der Waals surface area contributed by atoms with Crippen molar-refractivity contribution in [3.63, 3.8) is 0 Å². The number of likely N-dealkylation sites (tertiary alicyclic amines) is 1. The van der Waals surface area contributed by atoms with Crippen LogP contribution in [-0.4, -0.2) is 167 Å². The van der Waals surface area contributed by atoms with Crippen molar-refractivity contribution in [3.05, 3.63) is 101 Å². The molecule has 1 aromatic heterocycles. The lowest BCUT2D eigenvalue weighted by Crippen LogP contribution is -2.50. The summed E-state index contributed by atoms with van der Waals surface area (Å²) >= 11 is 0. The van der Waals surface area contributed by atoms with Crippen molar-refractivity contribution in [2.45, 2.75) is 82.8 Å². The summed E-state index contributed by atoms with van der Waals surface area (Å²) in [5, 5.41) is 5.67. The van der Waals surface area contributed by atoms with Crippen LogP contribution in [0.5, 0.6) is 51.7 Å². The number of benzene rings is 4. The number of piperidine rings is 1. The van der Waals surface area contributed by atoms with Gasteiger partial charge in [-0.1, -0.05) is 25.1 Å². The monoisotopic (exact) mass is 1210 g/mol. The highest BCUT2D eigenvalue weighted by atomic mass is 16.6. The molecule has 1 saturated heterocycles. The summed E-state index contributed by atoms with van der Waals surface area (Å²) in [6.45, 7) is 4.90. The highest BCUT2D eigenvalue weighted by Gasteiger charge is 2.38. The summed E-state index contributed by atoms with van der Waals surface area (Å²) in [4.78, 5) is 64.2. The van der Waals surface area contributed by atoms with E-state index in [9.17, 15) is 19.2 Å². The summed E-state index contributed by atoms with van der Waals surface area (Å²) in [7, 11) is 10.7. The summed E-state index contributed by atoms with van der Waals surface area (Å²) in [6.07, 6.45) is 5.65. The van der Waals surface area contributed by atoms with E-state index >= 15 is 0 Å². The van der Waals surface area contributed by atoms with Crippen molar-refractivity contribution >= 4 is 35.5 Å². The molecule has 24 heteroatoms. The Bertz CT molecular complexity index is 2950. The van der Waals surface area contributed by atoms with E-state index in [-0.39, 0.29) is 48.5 Å². The standard InChI is InChI=1S/C63H85N7O17/c1-9-47(44-36-54(79-6)58(81-8)55(37-44)80-7)61(73)70-24-11-10-17-48(70)62(74)87-49(20-18-41-19-21-50(75-2)51(32-41)76-3)43-15-12-16-46(35-43)85-39-56(71)66-22-13-25-82-27-29-84-30-28-83-26-14-23-67-57(72)40-86-59-52(77-4)33-42(34-53(59)78-5)31-45-38-68-63(65)69-60(45)64/h12,15-16,19,21,32-38,47-49H,9-11,13-14,17-18,20,22-31,39-40H2,1-8H3,(H,66,71)(H,67,72)(H4,64,65,68,69)/t47?,48-,49+/m0/s1. The minimum Gasteiger partial charge on any atom is -0.493 e. The van der Waals surface area contributed by atoms with Crippen LogP contribution in [0.1, 0.15) is 91.7 Å². The number of hydrogen-bond acceptors (Lipinski definition) is 21. The molecule has 2 heterocycles. The smallest absolute Gasteiger partial charge is 0.329 e. The quantitative estimate of drug-likeness (QED) is 0.0239. The topological polar surface area (TPSA) is 293 Å². The lowest BCUT2D eigenvalue weighted by atomic mass is 9.91. The molecule has 0 radical (unpaired) electrons. The van der Waals surface area contributed by atoms with Crippen LogP contribution in [-0.2, 0) is 51.0 Å². The number of methoxy groups -OCH3 is 7. The van der Waals surface area contributed by atoms with Gasteiger partial charge in [-0.05, 0) is 122 Å². The molecule has 474 valence electrons. The van der Waals surface area contributed by atoms with Gasteiger partial charge in [0.15, 0.2) is 47.7 Å². The molecule has 0 saturated carbocycles. The Morgan fingerprint density at radius 1 is 0.632 bits per heavy atom. The number of hydrogen-bond donors (Lipinski definition) is 4. The number of aryl methyl sites for hydroxylation is 1. The van der Waals surface area contributed by atoms with Crippen molar-refractivity contribution in [3.8, 4) is 51.7 Å². The second-order valence-electron chi connectivity index (χ2n) is 20.2. The largest absolute Gasteiger partial charge is 0.493 e. The zero-order valence-electron chi connectivity index (χ0n) is 51.2. The van der Waals surface area contributed by atoms with E-state index in [0.717, 1.165) is 24.0 Å². The molecule has 6 rings (SSSR count). The van der Waals surface area contributed by atoms with Crippen LogP contribution in [0.15, 0.2) is 72.9 Å².